The third kappa shape index (κ3) is 3.06. The summed E-state index contributed by atoms with van der Waals surface area (Å²) in [5.74, 6) is 0.676. The normalized spacial score (nSPS) is 17.1. The van der Waals surface area contributed by atoms with E-state index in [9.17, 15) is 9.90 Å². The standard InChI is InChI=1S/C15H22N2O2/c1-10(17(14(18)19)15(2,3)4)13-8-7-12(9-16-13)11-5-6-11/h7-11H,5-6H2,1-4H3,(H,18,19). The lowest BCUT2D eigenvalue weighted by molar-refractivity contribution is 0.0740. The van der Waals surface area contributed by atoms with Gasteiger partial charge in [-0.05, 0) is 58.1 Å². The molecule has 0 aliphatic heterocycles. The van der Waals surface area contributed by atoms with E-state index in [0.717, 1.165) is 5.69 Å². The van der Waals surface area contributed by atoms with Gasteiger partial charge in [-0.25, -0.2) is 4.79 Å². The molecule has 1 aromatic rings. The van der Waals surface area contributed by atoms with Crippen molar-refractivity contribution in [2.24, 2.45) is 0 Å². The van der Waals surface area contributed by atoms with E-state index in [1.165, 1.54) is 23.3 Å². The van der Waals surface area contributed by atoms with Crippen molar-refractivity contribution in [3.8, 4) is 0 Å². The van der Waals surface area contributed by atoms with Crippen molar-refractivity contribution < 1.29 is 9.90 Å². The van der Waals surface area contributed by atoms with Crippen LogP contribution >= 0.6 is 0 Å². The fraction of sp³-hybridized carbons (Fsp3) is 0.600. The Morgan fingerprint density at radius 1 is 1.42 bits per heavy atom. The molecule has 0 saturated heterocycles. The van der Waals surface area contributed by atoms with Crippen LogP contribution in [0.1, 0.15) is 63.8 Å². The first kappa shape index (κ1) is 13.8. The molecule has 0 spiro atoms. The molecular formula is C15H22N2O2. The van der Waals surface area contributed by atoms with Crippen LogP contribution < -0.4 is 0 Å². The first-order valence-electron chi connectivity index (χ1n) is 6.79. The molecule has 19 heavy (non-hydrogen) atoms. The van der Waals surface area contributed by atoms with Gasteiger partial charge in [0.25, 0.3) is 0 Å². The Kier molecular flexibility index (Phi) is 3.52. The van der Waals surface area contributed by atoms with Crippen LogP contribution in [0.25, 0.3) is 0 Å². The number of rotatable bonds is 3. The Bertz CT molecular complexity index is 458. The maximum Gasteiger partial charge on any atom is 0.408 e. The summed E-state index contributed by atoms with van der Waals surface area (Å²) in [5.41, 5.74) is 1.64. The Labute approximate surface area is 114 Å². The van der Waals surface area contributed by atoms with Gasteiger partial charge in [-0.2, -0.15) is 0 Å². The highest BCUT2D eigenvalue weighted by Crippen LogP contribution is 2.40. The topological polar surface area (TPSA) is 53.4 Å². The van der Waals surface area contributed by atoms with E-state index in [4.69, 9.17) is 0 Å². The average Bonchev–Trinajstić information content (AvgIpc) is 3.10. The first-order valence-corrected chi connectivity index (χ1v) is 6.79. The van der Waals surface area contributed by atoms with Gasteiger partial charge in [-0.1, -0.05) is 6.07 Å². The monoisotopic (exact) mass is 262 g/mol. The molecule has 1 aromatic heterocycles. The van der Waals surface area contributed by atoms with Crippen molar-refractivity contribution in [1.82, 2.24) is 9.88 Å². The molecule has 1 aliphatic carbocycles. The molecule has 0 radical (unpaired) electrons. The Hall–Kier alpha value is -1.58. The van der Waals surface area contributed by atoms with Gasteiger partial charge >= 0.3 is 6.09 Å². The summed E-state index contributed by atoms with van der Waals surface area (Å²) < 4.78 is 0. The zero-order valence-corrected chi connectivity index (χ0v) is 12.1. The van der Waals surface area contributed by atoms with Crippen LogP contribution in [-0.2, 0) is 0 Å². The van der Waals surface area contributed by atoms with Crippen LogP contribution in [0.5, 0.6) is 0 Å². The van der Waals surface area contributed by atoms with Gasteiger partial charge in [-0.15, -0.1) is 0 Å². The summed E-state index contributed by atoms with van der Waals surface area (Å²) in [4.78, 5) is 17.3. The summed E-state index contributed by atoms with van der Waals surface area (Å²) in [5, 5.41) is 9.39. The number of hydrogen-bond acceptors (Lipinski definition) is 2. The lowest BCUT2D eigenvalue weighted by Crippen LogP contribution is -2.46. The largest absolute Gasteiger partial charge is 0.465 e. The fourth-order valence-electron chi connectivity index (χ4n) is 2.49. The van der Waals surface area contributed by atoms with E-state index >= 15 is 0 Å². The number of nitrogens with zero attached hydrogens (tertiary/aromatic N) is 2. The third-order valence-corrected chi connectivity index (χ3v) is 3.60. The van der Waals surface area contributed by atoms with Crippen molar-refractivity contribution >= 4 is 6.09 Å². The molecule has 1 heterocycles. The fourth-order valence-corrected chi connectivity index (χ4v) is 2.49. The Morgan fingerprint density at radius 3 is 2.42 bits per heavy atom. The summed E-state index contributed by atoms with van der Waals surface area (Å²) in [6, 6.07) is 3.80. The maximum absolute atomic E-state index is 11.4. The van der Waals surface area contributed by atoms with Crippen LogP contribution in [0.3, 0.4) is 0 Å². The second-order valence-corrected chi connectivity index (χ2v) is 6.29. The smallest absolute Gasteiger partial charge is 0.408 e. The molecule has 1 atom stereocenters. The summed E-state index contributed by atoms with van der Waals surface area (Å²) in [6.07, 6.45) is 3.49. The van der Waals surface area contributed by atoms with Crippen LogP contribution in [-0.4, -0.2) is 26.6 Å². The minimum atomic E-state index is -0.909. The van der Waals surface area contributed by atoms with Crippen molar-refractivity contribution in [2.75, 3.05) is 0 Å². The average molecular weight is 262 g/mol. The van der Waals surface area contributed by atoms with Crippen LogP contribution in [0.2, 0.25) is 0 Å². The molecule has 1 fully saturated rings. The molecule has 1 amide bonds. The number of carbonyl (C=O) groups is 1. The van der Waals surface area contributed by atoms with E-state index in [1.807, 2.05) is 40.0 Å². The summed E-state index contributed by atoms with van der Waals surface area (Å²) in [6.45, 7) is 7.58. The van der Waals surface area contributed by atoms with Crippen molar-refractivity contribution in [2.45, 2.75) is 58.0 Å². The van der Waals surface area contributed by atoms with Crippen molar-refractivity contribution in [3.05, 3.63) is 29.6 Å². The number of amides is 1. The predicted octanol–water partition coefficient (Wildman–Crippen LogP) is 3.80. The summed E-state index contributed by atoms with van der Waals surface area (Å²) >= 11 is 0. The maximum atomic E-state index is 11.4. The molecule has 1 saturated carbocycles. The quantitative estimate of drug-likeness (QED) is 0.901. The lowest BCUT2D eigenvalue weighted by atomic mass is 10.0. The van der Waals surface area contributed by atoms with E-state index in [2.05, 4.69) is 11.1 Å². The predicted molar refractivity (Wildman–Crippen MR) is 74.2 cm³/mol. The molecule has 2 rings (SSSR count). The minimum Gasteiger partial charge on any atom is -0.465 e. The van der Waals surface area contributed by atoms with Crippen LogP contribution in [0, 0.1) is 0 Å². The van der Waals surface area contributed by atoms with Gasteiger partial charge in [0.1, 0.15) is 0 Å². The number of aromatic nitrogens is 1. The number of pyridine rings is 1. The zero-order chi connectivity index (χ0) is 14.2. The third-order valence-electron chi connectivity index (χ3n) is 3.60. The number of hydrogen-bond donors (Lipinski definition) is 1. The van der Waals surface area contributed by atoms with E-state index in [-0.39, 0.29) is 6.04 Å². The first-order chi connectivity index (χ1) is 8.80. The van der Waals surface area contributed by atoms with Gasteiger partial charge in [0.15, 0.2) is 0 Å². The van der Waals surface area contributed by atoms with E-state index < -0.39 is 11.6 Å². The van der Waals surface area contributed by atoms with Gasteiger partial charge < -0.3 is 5.11 Å². The van der Waals surface area contributed by atoms with Crippen LogP contribution in [0.4, 0.5) is 4.79 Å². The lowest BCUT2D eigenvalue weighted by Gasteiger charge is -2.37. The van der Waals surface area contributed by atoms with Gasteiger partial charge in [0.2, 0.25) is 0 Å². The Balaban J connectivity index is 2.20. The van der Waals surface area contributed by atoms with E-state index in [0.29, 0.717) is 5.92 Å². The van der Waals surface area contributed by atoms with Crippen molar-refractivity contribution in [1.29, 1.82) is 0 Å². The molecule has 4 heteroatoms. The zero-order valence-electron chi connectivity index (χ0n) is 12.1. The molecule has 0 bridgehead atoms. The SMILES string of the molecule is CC(c1ccc(C2CC2)cn1)N(C(=O)O)C(C)(C)C. The molecular weight excluding hydrogens is 240 g/mol. The van der Waals surface area contributed by atoms with Gasteiger partial charge in [-0.3, -0.25) is 9.88 Å². The van der Waals surface area contributed by atoms with Crippen molar-refractivity contribution in [3.63, 3.8) is 0 Å². The molecule has 1 unspecified atom stereocenters. The molecule has 4 nitrogen and oxygen atoms in total. The highest BCUT2D eigenvalue weighted by molar-refractivity contribution is 5.66. The number of carboxylic acid groups (broad SMARTS) is 1. The van der Waals surface area contributed by atoms with Gasteiger partial charge in [0, 0.05) is 11.7 Å². The van der Waals surface area contributed by atoms with Crippen LogP contribution in [0.15, 0.2) is 18.3 Å². The molecule has 1 aliphatic rings. The molecule has 104 valence electrons. The molecule has 0 aromatic carbocycles. The van der Waals surface area contributed by atoms with Gasteiger partial charge in [0.05, 0.1) is 11.7 Å². The van der Waals surface area contributed by atoms with E-state index in [1.54, 1.807) is 0 Å². The molecule has 1 N–H and O–H groups in total. The minimum absolute atomic E-state index is 0.245. The Morgan fingerprint density at radius 2 is 2.05 bits per heavy atom. The highest BCUT2D eigenvalue weighted by atomic mass is 16.4. The second kappa shape index (κ2) is 4.83. The second-order valence-electron chi connectivity index (χ2n) is 6.29. The highest BCUT2D eigenvalue weighted by Gasteiger charge is 2.32. The summed E-state index contributed by atoms with van der Waals surface area (Å²) in [7, 11) is 0.